The van der Waals surface area contributed by atoms with Crippen LogP contribution in [0.5, 0.6) is 0 Å². The third-order valence-electron chi connectivity index (χ3n) is 6.36. The van der Waals surface area contributed by atoms with Gasteiger partial charge in [-0.25, -0.2) is 0 Å². The maximum absolute atomic E-state index is 6.12. The Hall–Kier alpha value is -2.95. The second kappa shape index (κ2) is 13.4. The number of nitrogens with zero attached hydrogens (tertiary/aromatic N) is 1. The van der Waals surface area contributed by atoms with Gasteiger partial charge in [0.15, 0.2) is 0 Å². The summed E-state index contributed by atoms with van der Waals surface area (Å²) in [6.07, 6.45) is 11.4. The van der Waals surface area contributed by atoms with Crippen LogP contribution in [0, 0.1) is 5.92 Å². The maximum atomic E-state index is 6.12. The molecule has 1 fully saturated rings. The van der Waals surface area contributed by atoms with E-state index in [1.54, 1.807) is 11.3 Å². The minimum absolute atomic E-state index is 0.415. The van der Waals surface area contributed by atoms with E-state index in [4.69, 9.17) is 11.6 Å². The Morgan fingerprint density at radius 2 is 1.75 bits per heavy atom. The van der Waals surface area contributed by atoms with E-state index >= 15 is 0 Å². The third kappa shape index (κ3) is 7.52. The Labute approximate surface area is 226 Å². The smallest absolute Gasteiger partial charge is 0.0737 e. The van der Waals surface area contributed by atoms with E-state index < -0.39 is 0 Å². The van der Waals surface area contributed by atoms with Crippen LogP contribution in [-0.4, -0.2) is 18.0 Å². The molecule has 2 N–H and O–H groups in total. The summed E-state index contributed by atoms with van der Waals surface area (Å²) in [4.78, 5) is 3.48. The van der Waals surface area contributed by atoms with Crippen LogP contribution in [0.1, 0.15) is 56.0 Å². The Balaban J connectivity index is 1.76. The van der Waals surface area contributed by atoms with Gasteiger partial charge in [-0.2, -0.15) is 0 Å². The van der Waals surface area contributed by atoms with Gasteiger partial charge in [0.2, 0.25) is 0 Å². The first-order chi connectivity index (χ1) is 17.3. The molecule has 1 saturated heterocycles. The van der Waals surface area contributed by atoms with Crippen molar-refractivity contribution < 1.29 is 0 Å². The lowest BCUT2D eigenvalue weighted by atomic mass is 10.1. The van der Waals surface area contributed by atoms with Crippen molar-refractivity contribution in [1.82, 2.24) is 10.2 Å². The first kappa shape index (κ1) is 27.6. The lowest BCUT2D eigenvalue weighted by molar-refractivity contribution is 0.494. The van der Waals surface area contributed by atoms with Crippen molar-refractivity contribution in [2.45, 2.75) is 40.0 Å². The van der Waals surface area contributed by atoms with Crippen molar-refractivity contribution >= 4 is 45.7 Å². The molecular weight excluding hydrogens is 482 g/mol. The number of anilines is 1. The van der Waals surface area contributed by atoms with Crippen molar-refractivity contribution in [1.29, 1.82) is 0 Å². The second-order valence-electron chi connectivity index (χ2n) is 9.11. The normalized spacial score (nSPS) is 15.3. The lowest BCUT2D eigenvalue weighted by Gasteiger charge is -2.21. The molecule has 1 unspecified atom stereocenters. The Morgan fingerprint density at radius 1 is 1.08 bits per heavy atom. The van der Waals surface area contributed by atoms with Crippen LogP contribution >= 0.6 is 22.9 Å². The molecule has 1 atom stereocenters. The van der Waals surface area contributed by atoms with Gasteiger partial charge < -0.3 is 15.5 Å². The molecule has 1 aromatic heterocycles. The highest BCUT2D eigenvalue weighted by atomic mass is 35.5. The maximum Gasteiger partial charge on any atom is 0.0737 e. The van der Waals surface area contributed by atoms with E-state index in [1.165, 1.54) is 12.8 Å². The zero-order valence-corrected chi connectivity index (χ0v) is 23.3. The number of nitrogens with one attached hydrogen (secondary N) is 2. The molecule has 36 heavy (non-hydrogen) atoms. The van der Waals surface area contributed by atoms with Gasteiger partial charge in [-0.05, 0) is 60.4 Å². The van der Waals surface area contributed by atoms with E-state index in [0.29, 0.717) is 11.0 Å². The van der Waals surface area contributed by atoms with E-state index in [1.807, 2.05) is 25.2 Å². The predicted octanol–water partition coefficient (Wildman–Crippen LogP) is 9.09. The van der Waals surface area contributed by atoms with Crippen molar-refractivity contribution in [2.75, 3.05) is 18.4 Å². The third-order valence-corrected chi connectivity index (χ3v) is 7.65. The molecular formula is C31H38ClN3S. The minimum atomic E-state index is 0.415. The topological polar surface area (TPSA) is 27.3 Å². The van der Waals surface area contributed by atoms with Gasteiger partial charge in [-0.15, -0.1) is 11.3 Å². The Morgan fingerprint density at radius 3 is 2.39 bits per heavy atom. The number of thiophene rings is 1. The van der Waals surface area contributed by atoms with Gasteiger partial charge >= 0.3 is 0 Å². The minimum Gasteiger partial charge on any atom is -0.372 e. The monoisotopic (exact) mass is 519 g/mol. The van der Waals surface area contributed by atoms with Gasteiger partial charge in [0, 0.05) is 35.2 Å². The van der Waals surface area contributed by atoms with E-state index in [-0.39, 0.29) is 0 Å². The van der Waals surface area contributed by atoms with Gasteiger partial charge in [-0.3, -0.25) is 0 Å². The fraction of sp³-hybridized carbons (Fsp3) is 0.290. The average molecular weight is 520 g/mol. The zero-order valence-electron chi connectivity index (χ0n) is 21.7. The van der Waals surface area contributed by atoms with Gasteiger partial charge in [0.05, 0.1) is 16.3 Å². The molecule has 0 aliphatic carbocycles. The summed E-state index contributed by atoms with van der Waals surface area (Å²) in [6, 6.07) is 10.6. The first-order valence-corrected chi connectivity index (χ1v) is 13.8. The highest BCUT2D eigenvalue weighted by molar-refractivity contribution is 7.11. The average Bonchev–Trinajstić information content (AvgIpc) is 3.59. The molecule has 5 heteroatoms. The van der Waals surface area contributed by atoms with Gasteiger partial charge in [-0.1, -0.05) is 88.0 Å². The van der Waals surface area contributed by atoms with Crippen molar-refractivity contribution in [3.05, 3.63) is 106 Å². The van der Waals surface area contributed by atoms with Gasteiger partial charge in [0.25, 0.3) is 0 Å². The van der Waals surface area contributed by atoms with Crippen molar-refractivity contribution in [3.63, 3.8) is 0 Å². The molecule has 2 heterocycles. The van der Waals surface area contributed by atoms with Crippen molar-refractivity contribution in [2.24, 2.45) is 5.92 Å². The van der Waals surface area contributed by atoms with Crippen LogP contribution in [0.25, 0.3) is 17.1 Å². The molecule has 2 aromatic rings. The van der Waals surface area contributed by atoms with Crippen LogP contribution in [0.3, 0.4) is 0 Å². The van der Waals surface area contributed by atoms with E-state index in [0.717, 1.165) is 64.0 Å². The van der Waals surface area contributed by atoms with Crippen LogP contribution in [0.4, 0.5) is 5.69 Å². The SMILES string of the molecule is C=C(/C=C\C(Cl)=C/C)NC(=CC(C)CC)c1sccc1NC(=C)c1ccc(C(=C)N2CCCC2)cc1. The number of benzene rings is 1. The summed E-state index contributed by atoms with van der Waals surface area (Å²) in [5.74, 6) is 0.415. The summed E-state index contributed by atoms with van der Waals surface area (Å²) >= 11 is 7.80. The van der Waals surface area contributed by atoms with Crippen LogP contribution in [0.2, 0.25) is 0 Å². The van der Waals surface area contributed by atoms with E-state index in [9.17, 15) is 0 Å². The molecule has 0 amide bonds. The molecule has 3 nitrogen and oxygen atoms in total. The number of hydrogen-bond donors (Lipinski definition) is 2. The first-order valence-electron chi connectivity index (χ1n) is 12.6. The molecule has 0 bridgehead atoms. The van der Waals surface area contributed by atoms with Crippen LogP contribution < -0.4 is 10.6 Å². The standard InChI is InChI=1S/C31H38ClN3S/c1-7-22(3)21-30(33-23(4)11-16-28(32)8-2)31-29(17-20-36-31)34-24(5)26-12-14-27(15-13-26)25(6)35-18-9-10-19-35/h8,11-17,20-22,33-34H,4-7,9-10,18-19H2,1-3H3/b16-11-,28-8+,30-21?. The number of halogens is 1. The molecule has 1 aromatic carbocycles. The number of likely N-dealkylation sites (tertiary alicyclic amines) is 1. The Kier molecular flexibility index (Phi) is 10.3. The molecule has 0 spiro atoms. The van der Waals surface area contributed by atoms with Crippen LogP contribution in [-0.2, 0) is 0 Å². The summed E-state index contributed by atoms with van der Waals surface area (Å²) in [7, 11) is 0. The van der Waals surface area contributed by atoms with Crippen LogP contribution in [0.15, 0.2) is 90.5 Å². The molecule has 0 radical (unpaired) electrons. The fourth-order valence-corrected chi connectivity index (χ4v) is 4.85. The summed E-state index contributed by atoms with van der Waals surface area (Å²) in [5.41, 5.74) is 7.00. The fourth-order valence-electron chi connectivity index (χ4n) is 3.95. The van der Waals surface area contributed by atoms with Gasteiger partial charge in [0.1, 0.15) is 0 Å². The summed E-state index contributed by atoms with van der Waals surface area (Å²) in [5, 5.41) is 9.79. The number of hydrogen-bond acceptors (Lipinski definition) is 4. The highest BCUT2D eigenvalue weighted by Crippen LogP contribution is 2.33. The predicted molar refractivity (Wildman–Crippen MR) is 162 cm³/mol. The molecule has 190 valence electrons. The summed E-state index contributed by atoms with van der Waals surface area (Å²) in [6.45, 7) is 21.3. The molecule has 1 aliphatic heterocycles. The molecule has 0 saturated carbocycles. The molecule has 3 rings (SSSR count). The highest BCUT2D eigenvalue weighted by Gasteiger charge is 2.16. The quantitative estimate of drug-likeness (QED) is 0.274. The lowest BCUT2D eigenvalue weighted by Crippen LogP contribution is -2.16. The summed E-state index contributed by atoms with van der Waals surface area (Å²) < 4.78 is 0. The molecule has 1 aliphatic rings. The van der Waals surface area contributed by atoms with E-state index in [2.05, 4.69) is 90.9 Å². The van der Waals surface area contributed by atoms with Crippen molar-refractivity contribution in [3.8, 4) is 0 Å². The second-order valence-corrected chi connectivity index (χ2v) is 10.5. The Bertz CT molecular complexity index is 1160. The number of allylic oxidation sites excluding steroid dienone is 5. The zero-order chi connectivity index (χ0) is 26.1. The number of rotatable bonds is 12. The largest absolute Gasteiger partial charge is 0.372 e.